The Morgan fingerprint density at radius 3 is 2.67 bits per heavy atom. The van der Waals surface area contributed by atoms with E-state index in [1.165, 1.54) is 7.11 Å². The average Bonchev–Trinajstić information content (AvgIpc) is 2.85. The minimum Gasteiger partial charge on any atom is -0.469 e. The minimum atomic E-state index is -0.336. The molecule has 0 radical (unpaired) electrons. The number of carbonyl (C=O) groups excluding carboxylic acids is 1. The molecule has 0 fully saturated rings. The predicted molar refractivity (Wildman–Crippen MR) is 82.4 cm³/mol. The zero-order valence-electron chi connectivity index (χ0n) is 11.4. The zero-order valence-corrected chi connectivity index (χ0v) is 12.2. The molecule has 0 aliphatic rings. The first-order chi connectivity index (χ1) is 10.2. The van der Waals surface area contributed by atoms with Crippen LogP contribution in [0.2, 0.25) is 5.02 Å². The Kier molecular flexibility index (Phi) is 3.67. The van der Waals surface area contributed by atoms with Crippen LogP contribution < -0.4 is 0 Å². The molecule has 3 rings (SSSR count). The summed E-state index contributed by atoms with van der Waals surface area (Å²) in [6, 6.07) is 15.2. The van der Waals surface area contributed by atoms with E-state index in [1.807, 2.05) is 42.5 Å². The van der Waals surface area contributed by atoms with Crippen LogP contribution in [0.15, 0.2) is 52.9 Å². The Hall–Kier alpha value is -2.26. The van der Waals surface area contributed by atoms with Crippen LogP contribution in [0.1, 0.15) is 5.76 Å². The van der Waals surface area contributed by atoms with Gasteiger partial charge in [-0.05, 0) is 23.8 Å². The van der Waals surface area contributed by atoms with Crippen LogP contribution in [0.25, 0.3) is 22.1 Å². The third-order valence-corrected chi connectivity index (χ3v) is 3.55. The van der Waals surface area contributed by atoms with Crippen LogP contribution in [0, 0.1) is 0 Å². The quantitative estimate of drug-likeness (QED) is 0.670. The maximum Gasteiger partial charge on any atom is 0.313 e. The fourth-order valence-electron chi connectivity index (χ4n) is 2.37. The van der Waals surface area contributed by atoms with E-state index in [-0.39, 0.29) is 12.4 Å². The van der Waals surface area contributed by atoms with E-state index >= 15 is 0 Å². The number of furan rings is 1. The third kappa shape index (κ3) is 2.65. The minimum absolute atomic E-state index is 0.0903. The molecule has 21 heavy (non-hydrogen) atoms. The van der Waals surface area contributed by atoms with Gasteiger partial charge in [0.05, 0.1) is 7.11 Å². The van der Waals surface area contributed by atoms with Gasteiger partial charge in [0.1, 0.15) is 17.8 Å². The SMILES string of the molecule is COC(=O)Cc1oc2ccc(Cl)cc2c1-c1ccccc1. The van der Waals surface area contributed by atoms with E-state index < -0.39 is 0 Å². The Labute approximate surface area is 127 Å². The number of rotatable bonds is 3. The van der Waals surface area contributed by atoms with E-state index in [0.717, 1.165) is 16.5 Å². The second-order valence-electron chi connectivity index (χ2n) is 4.66. The van der Waals surface area contributed by atoms with Crippen LogP contribution in [0.4, 0.5) is 0 Å². The Morgan fingerprint density at radius 2 is 1.95 bits per heavy atom. The molecule has 0 N–H and O–H groups in total. The van der Waals surface area contributed by atoms with Gasteiger partial charge in [-0.25, -0.2) is 0 Å². The van der Waals surface area contributed by atoms with E-state index in [0.29, 0.717) is 16.4 Å². The monoisotopic (exact) mass is 300 g/mol. The van der Waals surface area contributed by atoms with Gasteiger partial charge in [-0.1, -0.05) is 41.9 Å². The van der Waals surface area contributed by atoms with Crippen molar-refractivity contribution in [1.29, 1.82) is 0 Å². The van der Waals surface area contributed by atoms with E-state index in [1.54, 1.807) is 6.07 Å². The maximum absolute atomic E-state index is 11.6. The second kappa shape index (κ2) is 5.62. The highest BCUT2D eigenvalue weighted by atomic mass is 35.5. The number of hydrogen-bond acceptors (Lipinski definition) is 3. The number of halogens is 1. The lowest BCUT2D eigenvalue weighted by atomic mass is 10.0. The molecule has 0 amide bonds. The first-order valence-electron chi connectivity index (χ1n) is 6.52. The van der Waals surface area contributed by atoms with Crippen molar-refractivity contribution in [2.75, 3.05) is 7.11 Å². The Morgan fingerprint density at radius 1 is 1.19 bits per heavy atom. The van der Waals surface area contributed by atoms with E-state index in [9.17, 15) is 4.79 Å². The van der Waals surface area contributed by atoms with Gasteiger partial charge in [0.25, 0.3) is 0 Å². The summed E-state index contributed by atoms with van der Waals surface area (Å²) in [5, 5.41) is 1.53. The van der Waals surface area contributed by atoms with Crippen molar-refractivity contribution in [3.05, 3.63) is 59.3 Å². The largest absolute Gasteiger partial charge is 0.469 e. The molecule has 4 heteroatoms. The molecule has 0 saturated heterocycles. The highest BCUT2D eigenvalue weighted by Gasteiger charge is 2.18. The summed E-state index contributed by atoms with van der Waals surface area (Å²) in [5.41, 5.74) is 2.58. The van der Waals surface area contributed by atoms with Crippen molar-refractivity contribution in [2.24, 2.45) is 0 Å². The van der Waals surface area contributed by atoms with Crippen LogP contribution in [0.5, 0.6) is 0 Å². The van der Waals surface area contributed by atoms with E-state index in [4.69, 9.17) is 20.8 Å². The number of ether oxygens (including phenoxy) is 1. The molecular weight excluding hydrogens is 288 g/mol. The van der Waals surface area contributed by atoms with Gasteiger partial charge in [0, 0.05) is 16.0 Å². The van der Waals surface area contributed by atoms with Crippen LogP contribution >= 0.6 is 11.6 Å². The fourth-order valence-corrected chi connectivity index (χ4v) is 2.54. The summed E-state index contributed by atoms with van der Waals surface area (Å²) in [5.74, 6) is 0.252. The molecule has 106 valence electrons. The lowest BCUT2D eigenvalue weighted by Gasteiger charge is -2.03. The molecule has 3 aromatic rings. The number of fused-ring (bicyclic) bond motifs is 1. The molecule has 2 aromatic carbocycles. The van der Waals surface area contributed by atoms with Crippen molar-refractivity contribution in [2.45, 2.75) is 6.42 Å². The molecule has 1 heterocycles. The van der Waals surface area contributed by atoms with Gasteiger partial charge in [0.2, 0.25) is 0 Å². The second-order valence-corrected chi connectivity index (χ2v) is 5.10. The predicted octanol–water partition coefficient (Wildman–Crippen LogP) is 4.47. The van der Waals surface area contributed by atoms with Crippen molar-refractivity contribution in [3.63, 3.8) is 0 Å². The molecule has 0 saturated carbocycles. The lowest BCUT2D eigenvalue weighted by molar-refractivity contribution is -0.140. The molecule has 0 unspecified atom stereocenters. The molecule has 0 bridgehead atoms. The summed E-state index contributed by atoms with van der Waals surface area (Å²) >= 11 is 6.09. The van der Waals surface area contributed by atoms with Gasteiger partial charge < -0.3 is 9.15 Å². The fraction of sp³-hybridized carbons (Fsp3) is 0.118. The van der Waals surface area contributed by atoms with Crippen LogP contribution in [-0.4, -0.2) is 13.1 Å². The van der Waals surface area contributed by atoms with Crippen molar-refractivity contribution >= 4 is 28.5 Å². The summed E-state index contributed by atoms with van der Waals surface area (Å²) in [6.07, 6.45) is 0.0903. The summed E-state index contributed by atoms with van der Waals surface area (Å²) in [7, 11) is 1.37. The molecule has 3 nitrogen and oxygen atoms in total. The maximum atomic E-state index is 11.6. The highest BCUT2D eigenvalue weighted by molar-refractivity contribution is 6.31. The number of methoxy groups -OCH3 is 1. The lowest BCUT2D eigenvalue weighted by Crippen LogP contribution is -2.04. The average molecular weight is 301 g/mol. The van der Waals surface area contributed by atoms with E-state index in [2.05, 4.69) is 0 Å². The van der Waals surface area contributed by atoms with Gasteiger partial charge in [-0.2, -0.15) is 0 Å². The van der Waals surface area contributed by atoms with Gasteiger partial charge in [-0.3, -0.25) is 4.79 Å². The van der Waals surface area contributed by atoms with Gasteiger partial charge >= 0.3 is 5.97 Å². The number of hydrogen-bond donors (Lipinski definition) is 0. The van der Waals surface area contributed by atoms with Gasteiger partial charge in [0.15, 0.2) is 0 Å². The summed E-state index contributed by atoms with van der Waals surface area (Å²) in [6.45, 7) is 0. The third-order valence-electron chi connectivity index (χ3n) is 3.32. The number of carbonyl (C=O) groups is 1. The van der Waals surface area contributed by atoms with Crippen molar-refractivity contribution < 1.29 is 13.9 Å². The molecule has 1 aromatic heterocycles. The summed E-state index contributed by atoms with van der Waals surface area (Å²) < 4.78 is 10.6. The van der Waals surface area contributed by atoms with Crippen molar-refractivity contribution in [1.82, 2.24) is 0 Å². The van der Waals surface area contributed by atoms with Gasteiger partial charge in [-0.15, -0.1) is 0 Å². The Bertz CT molecular complexity index is 790. The molecule has 0 aliphatic heterocycles. The number of benzene rings is 2. The number of esters is 1. The molecular formula is C17H13ClO3. The highest BCUT2D eigenvalue weighted by Crippen LogP contribution is 2.36. The summed E-state index contributed by atoms with van der Waals surface area (Å²) in [4.78, 5) is 11.6. The first-order valence-corrected chi connectivity index (χ1v) is 6.90. The molecule has 0 aliphatic carbocycles. The molecule has 0 atom stereocenters. The van der Waals surface area contributed by atoms with Crippen LogP contribution in [-0.2, 0) is 16.0 Å². The molecule has 0 spiro atoms. The topological polar surface area (TPSA) is 39.4 Å². The first kappa shape index (κ1) is 13.7. The van der Waals surface area contributed by atoms with Crippen LogP contribution in [0.3, 0.4) is 0 Å². The zero-order chi connectivity index (χ0) is 14.8. The smallest absolute Gasteiger partial charge is 0.313 e. The van der Waals surface area contributed by atoms with Crippen molar-refractivity contribution in [3.8, 4) is 11.1 Å². The standard InChI is InChI=1S/C17H13ClO3/c1-20-16(19)10-15-17(11-5-3-2-4-6-11)13-9-12(18)7-8-14(13)21-15/h2-9H,10H2,1H3. The normalized spacial score (nSPS) is 10.8. The Balaban J connectivity index is 2.24.